The number of amides is 1. The van der Waals surface area contributed by atoms with E-state index in [1.54, 1.807) is 17.4 Å². The van der Waals surface area contributed by atoms with E-state index in [4.69, 9.17) is 4.74 Å². The van der Waals surface area contributed by atoms with Crippen LogP contribution in [0, 0.1) is 18.8 Å². The fraction of sp³-hybridized carbons (Fsp3) is 0.478. The Labute approximate surface area is 177 Å². The van der Waals surface area contributed by atoms with Gasteiger partial charge >= 0.3 is 0 Å². The van der Waals surface area contributed by atoms with Crippen LogP contribution in [0.25, 0.3) is 6.08 Å². The van der Waals surface area contributed by atoms with Crippen LogP contribution >= 0.6 is 11.3 Å². The van der Waals surface area contributed by atoms with Gasteiger partial charge in [0.2, 0.25) is 5.91 Å². The number of hydrogen-bond donors (Lipinski definition) is 1. The first-order valence-electron chi connectivity index (χ1n) is 10.3. The maximum atomic E-state index is 12.1. The second kappa shape index (κ2) is 10.6. The van der Waals surface area contributed by atoms with E-state index >= 15 is 0 Å². The van der Waals surface area contributed by atoms with Gasteiger partial charge in [-0.05, 0) is 49.0 Å². The summed E-state index contributed by atoms with van der Waals surface area (Å²) in [6.07, 6.45) is 4.71. The van der Waals surface area contributed by atoms with Crippen molar-refractivity contribution in [3.05, 3.63) is 52.0 Å². The van der Waals surface area contributed by atoms with Gasteiger partial charge in [0.15, 0.2) is 0 Å². The van der Waals surface area contributed by atoms with E-state index in [-0.39, 0.29) is 5.91 Å². The molecular formula is C23H31N3O2S. The van der Waals surface area contributed by atoms with Crippen molar-refractivity contribution in [2.24, 2.45) is 11.8 Å². The van der Waals surface area contributed by atoms with Gasteiger partial charge in [-0.3, -0.25) is 4.79 Å². The minimum absolute atomic E-state index is 0.0626. The second-order valence-electron chi connectivity index (χ2n) is 8.05. The number of rotatable bonds is 8. The monoisotopic (exact) mass is 413 g/mol. The van der Waals surface area contributed by atoms with Crippen LogP contribution in [0.3, 0.4) is 0 Å². The highest BCUT2D eigenvalue weighted by molar-refractivity contribution is 7.09. The summed E-state index contributed by atoms with van der Waals surface area (Å²) in [4.78, 5) is 19.0. The highest BCUT2D eigenvalue weighted by atomic mass is 32.1. The van der Waals surface area contributed by atoms with Crippen molar-refractivity contribution in [1.82, 2.24) is 15.2 Å². The first-order chi connectivity index (χ1) is 14.0. The van der Waals surface area contributed by atoms with Crippen molar-refractivity contribution in [1.29, 1.82) is 0 Å². The van der Waals surface area contributed by atoms with E-state index in [1.165, 1.54) is 6.42 Å². The molecule has 1 aliphatic heterocycles. The first kappa shape index (κ1) is 21.5. The molecule has 1 N–H and O–H groups in total. The Morgan fingerprint density at radius 2 is 2.14 bits per heavy atom. The summed E-state index contributed by atoms with van der Waals surface area (Å²) in [7, 11) is 0. The third-order valence-electron chi connectivity index (χ3n) is 5.01. The number of hydrogen-bond acceptors (Lipinski definition) is 5. The number of carbonyl (C=O) groups excluding carboxylic acids is 1. The van der Waals surface area contributed by atoms with Crippen LogP contribution in [0.2, 0.25) is 0 Å². The number of aryl methyl sites for hydroxylation is 1. The SMILES string of the molecule is Cc1nc(COc2cccc(/C=C/C(=O)NCCN3CC(C)CC(C)C3)c2)cs1. The van der Waals surface area contributed by atoms with Crippen molar-refractivity contribution in [3.63, 3.8) is 0 Å². The molecule has 6 heteroatoms. The summed E-state index contributed by atoms with van der Waals surface area (Å²) in [5.74, 6) is 2.19. The molecule has 156 valence electrons. The molecule has 2 heterocycles. The second-order valence-corrected chi connectivity index (χ2v) is 9.11. The van der Waals surface area contributed by atoms with Crippen molar-refractivity contribution in [2.45, 2.75) is 33.8 Å². The predicted molar refractivity (Wildman–Crippen MR) is 119 cm³/mol. The topological polar surface area (TPSA) is 54.5 Å². The van der Waals surface area contributed by atoms with Crippen LogP contribution in [-0.4, -0.2) is 42.0 Å². The van der Waals surface area contributed by atoms with E-state index in [0.29, 0.717) is 13.2 Å². The number of likely N-dealkylation sites (tertiary alicyclic amines) is 1. The van der Waals surface area contributed by atoms with Crippen molar-refractivity contribution < 1.29 is 9.53 Å². The van der Waals surface area contributed by atoms with E-state index in [1.807, 2.05) is 42.6 Å². The van der Waals surface area contributed by atoms with Crippen LogP contribution in [0.4, 0.5) is 0 Å². The standard InChI is InChI=1S/C23H31N3O2S/c1-17-11-18(2)14-26(13-17)10-9-24-23(27)8-7-20-5-4-6-22(12-20)28-15-21-16-29-19(3)25-21/h4-8,12,16-18H,9-11,13-15H2,1-3H3,(H,24,27)/b8-7+. The summed E-state index contributed by atoms with van der Waals surface area (Å²) in [5.41, 5.74) is 1.87. The molecule has 1 aliphatic rings. The number of carbonyl (C=O) groups is 1. The van der Waals surface area contributed by atoms with Gasteiger partial charge in [-0.2, -0.15) is 0 Å². The Kier molecular flexibility index (Phi) is 7.83. The Hall–Kier alpha value is -2.18. The minimum Gasteiger partial charge on any atom is -0.487 e. The number of nitrogens with zero attached hydrogens (tertiary/aromatic N) is 2. The number of benzene rings is 1. The zero-order chi connectivity index (χ0) is 20.6. The minimum atomic E-state index is -0.0626. The average molecular weight is 414 g/mol. The quantitative estimate of drug-likeness (QED) is 0.661. The lowest BCUT2D eigenvalue weighted by Gasteiger charge is -2.34. The molecule has 0 radical (unpaired) electrons. The van der Waals surface area contributed by atoms with Gasteiger partial charge in [0, 0.05) is 37.6 Å². The fourth-order valence-electron chi connectivity index (χ4n) is 3.88. The lowest BCUT2D eigenvalue weighted by atomic mass is 9.92. The number of piperidine rings is 1. The van der Waals surface area contributed by atoms with E-state index in [9.17, 15) is 4.79 Å². The van der Waals surface area contributed by atoms with Gasteiger partial charge in [0.25, 0.3) is 0 Å². The molecule has 29 heavy (non-hydrogen) atoms. The molecule has 0 aliphatic carbocycles. The summed E-state index contributed by atoms with van der Waals surface area (Å²) in [6.45, 7) is 10.9. The van der Waals surface area contributed by atoms with Crippen LogP contribution in [0.1, 0.15) is 36.5 Å². The molecule has 1 saturated heterocycles. The summed E-state index contributed by atoms with van der Waals surface area (Å²) in [6, 6.07) is 7.73. The molecule has 0 bridgehead atoms. The molecule has 2 unspecified atom stereocenters. The van der Waals surface area contributed by atoms with Crippen LogP contribution in [0.5, 0.6) is 5.75 Å². The van der Waals surface area contributed by atoms with E-state index in [2.05, 4.69) is 29.0 Å². The largest absolute Gasteiger partial charge is 0.487 e. The fourth-order valence-corrected chi connectivity index (χ4v) is 4.48. The number of nitrogens with one attached hydrogen (secondary N) is 1. The summed E-state index contributed by atoms with van der Waals surface area (Å²) < 4.78 is 5.81. The van der Waals surface area contributed by atoms with Gasteiger partial charge in [-0.15, -0.1) is 11.3 Å². The molecule has 2 aromatic rings. The first-order valence-corrected chi connectivity index (χ1v) is 11.2. The van der Waals surface area contributed by atoms with Crippen molar-refractivity contribution >= 4 is 23.3 Å². The van der Waals surface area contributed by atoms with Crippen molar-refractivity contribution in [2.75, 3.05) is 26.2 Å². The Bertz CT molecular complexity index is 823. The van der Waals surface area contributed by atoms with Crippen LogP contribution in [0.15, 0.2) is 35.7 Å². The van der Waals surface area contributed by atoms with E-state index in [0.717, 1.165) is 53.5 Å². The summed E-state index contributed by atoms with van der Waals surface area (Å²) in [5, 5.41) is 6.03. The molecule has 1 aromatic heterocycles. The van der Waals surface area contributed by atoms with Gasteiger partial charge < -0.3 is 15.0 Å². The summed E-state index contributed by atoms with van der Waals surface area (Å²) >= 11 is 1.62. The lowest BCUT2D eigenvalue weighted by molar-refractivity contribution is -0.116. The predicted octanol–water partition coefficient (Wildman–Crippen LogP) is 4.14. The average Bonchev–Trinajstić information content (AvgIpc) is 3.10. The Balaban J connectivity index is 1.42. The van der Waals surface area contributed by atoms with Gasteiger partial charge in [0.05, 0.1) is 10.7 Å². The molecule has 1 amide bonds. The molecule has 3 rings (SSSR count). The zero-order valence-corrected chi connectivity index (χ0v) is 18.4. The Morgan fingerprint density at radius 1 is 1.34 bits per heavy atom. The smallest absolute Gasteiger partial charge is 0.244 e. The Morgan fingerprint density at radius 3 is 2.86 bits per heavy atom. The maximum absolute atomic E-state index is 12.1. The van der Waals surface area contributed by atoms with E-state index < -0.39 is 0 Å². The molecule has 1 aromatic carbocycles. The molecule has 2 atom stereocenters. The number of thiazole rings is 1. The normalized spacial score (nSPS) is 20.1. The highest BCUT2D eigenvalue weighted by Crippen LogP contribution is 2.20. The van der Waals surface area contributed by atoms with Crippen LogP contribution < -0.4 is 10.1 Å². The number of ether oxygens (including phenoxy) is 1. The number of aromatic nitrogens is 1. The van der Waals surface area contributed by atoms with Gasteiger partial charge in [-0.25, -0.2) is 4.98 Å². The van der Waals surface area contributed by atoms with Crippen LogP contribution in [-0.2, 0) is 11.4 Å². The zero-order valence-electron chi connectivity index (χ0n) is 17.6. The molecular weight excluding hydrogens is 382 g/mol. The maximum Gasteiger partial charge on any atom is 0.244 e. The van der Waals surface area contributed by atoms with Crippen molar-refractivity contribution in [3.8, 4) is 5.75 Å². The third-order valence-corrected chi connectivity index (χ3v) is 5.83. The van der Waals surface area contributed by atoms with Gasteiger partial charge in [0.1, 0.15) is 12.4 Å². The molecule has 1 fully saturated rings. The highest BCUT2D eigenvalue weighted by Gasteiger charge is 2.21. The molecule has 5 nitrogen and oxygen atoms in total. The van der Waals surface area contributed by atoms with Gasteiger partial charge in [-0.1, -0.05) is 26.0 Å². The molecule has 0 spiro atoms. The molecule has 0 saturated carbocycles. The lowest BCUT2D eigenvalue weighted by Crippen LogP contribution is -2.42. The third kappa shape index (κ3) is 7.29.